The van der Waals surface area contributed by atoms with Crippen LogP contribution in [0.2, 0.25) is 5.02 Å². The van der Waals surface area contributed by atoms with Crippen LogP contribution in [-0.2, 0) is 11.2 Å². The topological polar surface area (TPSA) is 32.7 Å². The van der Waals surface area contributed by atoms with Crippen LogP contribution in [0, 0.1) is 5.92 Å². The minimum atomic E-state index is 0.0296. The molecule has 0 radical (unpaired) electrons. The Morgan fingerprint density at radius 2 is 1.80 bits per heavy atom. The number of hydrogen-bond acceptors (Lipinski definition) is 2. The third-order valence-electron chi connectivity index (χ3n) is 6.56. The van der Waals surface area contributed by atoms with Gasteiger partial charge in [0.15, 0.2) is 0 Å². The lowest BCUT2D eigenvalue weighted by Gasteiger charge is -2.26. The van der Waals surface area contributed by atoms with Crippen molar-refractivity contribution in [3.63, 3.8) is 0 Å². The summed E-state index contributed by atoms with van der Waals surface area (Å²) in [7, 11) is 0. The van der Waals surface area contributed by atoms with E-state index in [0.717, 1.165) is 30.1 Å². The smallest absolute Gasteiger partial charge is 0.231 e. The van der Waals surface area contributed by atoms with Gasteiger partial charge < -0.3 is 0 Å². The number of carbonyl (C=O) groups excluding carboxylic acids is 1. The lowest BCUT2D eigenvalue weighted by molar-refractivity contribution is -0.131. The van der Waals surface area contributed by atoms with Crippen molar-refractivity contribution in [3.05, 3.63) is 82.9 Å². The minimum Gasteiger partial charge on any atom is -0.298 e. The van der Waals surface area contributed by atoms with Gasteiger partial charge in [0.1, 0.15) is 5.84 Å². The Balaban J connectivity index is 1.37. The Kier molecular flexibility index (Phi) is 5.30. The number of amidine groups is 1. The van der Waals surface area contributed by atoms with Gasteiger partial charge in [-0.15, -0.1) is 0 Å². The van der Waals surface area contributed by atoms with Crippen LogP contribution < -0.4 is 0 Å². The van der Waals surface area contributed by atoms with Gasteiger partial charge in [-0.05, 0) is 52.8 Å². The lowest BCUT2D eigenvalue weighted by atomic mass is 9.88. The predicted molar refractivity (Wildman–Crippen MR) is 123 cm³/mol. The number of rotatable bonds is 4. The molecule has 1 fully saturated rings. The zero-order valence-corrected chi connectivity index (χ0v) is 17.7. The Bertz CT molecular complexity index is 1100. The second kappa shape index (κ2) is 8.23. The van der Waals surface area contributed by atoms with Crippen LogP contribution >= 0.6 is 11.6 Å². The van der Waals surface area contributed by atoms with Gasteiger partial charge in [0.25, 0.3) is 0 Å². The summed E-state index contributed by atoms with van der Waals surface area (Å²) < 4.78 is 0. The molecule has 0 unspecified atom stereocenters. The molecule has 5 rings (SSSR count). The molecule has 30 heavy (non-hydrogen) atoms. The number of amides is 1. The van der Waals surface area contributed by atoms with Gasteiger partial charge >= 0.3 is 0 Å². The summed E-state index contributed by atoms with van der Waals surface area (Å²) in [5, 5.41) is 3.20. The van der Waals surface area contributed by atoms with Crippen LogP contribution in [0.5, 0.6) is 0 Å². The average Bonchev–Trinajstić information content (AvgIpc) is 3.44. The molecule has 3 aromatic rings. The maximum absolute atomic E-state index is 13.6. The molecule has 4 heteroatoms. The quantitative estimate of drug-likeness (QED) is 0.524. The second-order valence-corrected chi connectivity index (χ2v) is 8.73. The summed E-state index contributed by atoms with van der Waals surface area (Å²) in [5.41, 5.74) is 2.45. The first kappa shape index (κ1) is 19.3. The molecule has 1 heterocycles. The van der Waals surface area contributed by atoms with Crippen molar-refractivity contribution in [3.8, 4) is 0 Å². The molecule has 0 spiro atoms. The molecule has 152 valence electrons. The van der Waals surface area contributed by atoms with E-state index in [1.54, 1.807) is 0 Å². The maximum atomic E-state index is 13.6. The van der Waals surface area contributed by atoms with E-state index < -0.39 is 0 Å². The monoisotopic (exact) mass is 416 g/mol. The normalized spacial score (nSPS) is 21.2. The van der Waals surface area contributed by atoms with Gasteiger partial charge in [-0.3, -0.25) is 14.7 Å². The van der Waals surface area contributed by atoms with E-state index in [2.05, 4.69) is 54.6 Å². The molecule has 3 aromatic carbocycles. The standard InChI is InChI=1S/C26H25ClN2O/c27-21-13-11-19(12-14-21)23-9-4-10-24(23)26(30)29-16-15-28-25(29)17-20-7-3-6-18-5-1-2-8-22(18)20/h1-3,5-8,11-14,23-24H,4,9-10,15-17H2/t23-,24+/m0/s1. The fraction of sp³-hybridized carbons (Fsp3) is 0.308. The molecule has 0 saturated heterocycles. The highest BCUT2D eigenvalue weighted by Crippen LogP contribution is 2.41. The van der Waals surface area contributed by atoms with E-state index >= 15 is 0 Å². The Hall–Kier alpha value is -2.65. The first-order valence-electron chi connectivity index (χ1n) is 10.8. The number of hydrogen-bond donors (Lipinski definition) is 0. The average molecular weight is 417 g/mol. The summed E-state index contributed by atoms with van der Waals surface area (Å²) >= 11 is 6.07. The third kappa shape index (κ3) is 3.63. The van der Waals surface area contributed by atoms with E-state index in [0.29, 0.717) is 19.5 Å². The number of aliphatic imine (C=N–C) groups is 1. The molecular formula is C26H25ClN2O. The molecule has 1 saturated carbocycles. The summed E-state index contributed by atoms with van der Waals surface area (Å²) in [6.45, 7) is 1.40. The fourth-order valence-electron chi connectivity index (χ4n) is 5.06. The number of carbonyl (C=O) groups is 1. The second-order valence-electron chi connectivity index (χ2n) is 8.30. The molecule has 1 aliphatic heterocycles. The number of halogens is 1. The molecule has 0 bridgehead atoms. The highest BCUT2D eigenvalue weighted by atomic mass is 35.5. The van der Waals surface area contributed by atoms with Crippen molar-refractivity contribution in [1.29, 1.82) is 0 Å². The van der Waals surface area contributed by atoms with Crippen molar-refractivity contribution in [1.82, 2.24) is 4.90 Å². The Morgan fingerprint density at radius 1 is 1.00 bits per heavy atom. The van der Waals surface area contributed by atoms with E-state index in [1.165, 1.54) is 21.9 Å². The zero-order valence-electron chi connectivity index (χ0n) is 16.9. The van der Waals surface area contributed by atoms with Gasteiger partial charge in [0, 0.05) is 23.9 Å². The number of benzene rings is 3. The van der Waals surface area contributed by atoms with Gasteiger partial charge in [-0.1, -0.05) is 72.6 Å². The molecule has 0 aromatic heterocycles. The molecule has 0 N–H and O–H groups in total. The highest BCUT2D eigenvalue weighted by Gasteiger charge is 2.38. The van der Waals surface area contributed by atoms with E-state index in [1.807, 2.05) is 17.0 Å². The van der Waals surface area contributed by atoms with Gasteiger partial charge in [-0.2, -0.15) is 0 Å². The van der Waals surface area contributed by atoms with Crippen LogP contribution in [0.1, 0.15) is 36.3 Å². The van der Waals surface area contributed by atoms with Gasteiger partial charge in [-0.25, -0.2) is 0 Å². The Morgan fingerprint density at radius 3 is 2.67 bits per heavy atom. The van der Waals surface area contributed by atoms with E-state index in [4.69, 9.17) is 16.6 Å². The van der Waals surface area contributed by atoms with Crippen LogP contribution in [0.15, 0.2) is 71.7 Å². The Labute approximate surface area is 182 Å². The minimum absolute atomic E-state index is 0.0296. The zero-order chi connectivity index (χ0) is 20.5. The summed E-state index contributed by atoms with van der Waals surface area (Å²) in [6.07, 6.45) is 3.80. The predicted octanol–water partition coefficient (Wildman–Crippen LogP) is 5.86. The molecule has 1 aliphatic carbocycles. The van der Waals surface area contributed by atoms with Crippen molar-refractivity contribution < 1.29 is 4.79 Å². The maximum Gasteiger partial charge on any atom is 0.231 e. The summed E-state index contributed by atoms with van der Waals surface area (Å²) in [6, 6.07) is 22.8. The van der Waals surface area contributed by atoms with E-state index in [-0.39, 0.29) is 17.7 Å². The van der Waals surface area contributed by atoms with Crippen LogP contribution in [0.4, 0.5) is 0 Å². The molecule has 3 nitrogen and oxygen atoms in total. The summed E-state index contributed by atoms with van der Waals surface area (Å²) in [5.74, 6) is 1.46. The highest BCUT2D eigenvalue weighted by molar-refractivity contribution is 6.30. The molecular weight excluding hydrogens is 392 g/mol. The largest absolute Gasteiger partial charge is 0.298 e. The van der Waals surface area contributed by atoms with Crippen LogP contribution in [0.3, 0.4) is 0 Å². The van der Waals surface area contributed by atoms with Crippen LogP contribution in [-0.4, -0.2) is 29.7 Å². The first-order valence-corrected chi connectivity index (χ1v) is 11.2. The number of nitrogens with zero attached hydrogens (tertiary/aromatic N) is 2. The van der Waals surface area contributed by atoms with Crippen molar-refractivity contribution >= 4 is 34.1 Å². The van der Waals surface area contributed by atoms with E-state index in [9.17, 15) is 4.79 Å². The molecule has 1 amide bonds. The summed E-state index contributed by atoms with van der Waals surface area (Å²) in [4.78, 5) is 20.3. The van der Waals surface area contributed by atoms with Gasteiger partial charge in [0.2, 0.25) is 5.91 Å². The molecule has 2 aliphatic rings. The van der Waals surface area contributed by atoms with Crippen molar-refractivity contribution in [2.45, 2.75) is 31.6 Å². The third-order valence-corrected chi connectivity index (χ3v) is 6.81. The first-order chi connectivity index (χ1) is 14.7. The van der Waals surface area contributed by atoms with Crippen LogP contribution in [0.25, 0.3) is 10.8 Å². The van der Waals surface area contributed by atoms with Crippen molar-refractivity contribution in [2.24, 2.45) is 10.9 Å². The fourth-order valence-corrected chi connectivity index (χ4v) is 5.19. The van der Waals surface area contributed by atoms with Gasteiger partial charge in [0.05, 0.1) is 6.54 Å². The SMILES string of the molecule is O=C([C@@H]1CCC[C@H]1c1ccc(Cl)cc1)N1CCN=C1Cc1cccc2ccccc12. The van der Waals surface area contributed by atoms with Crippen molar-refractivity contribution in [2.75, 3.05) is 13.1 Å². The number of fused-ring (bicyclic) bond motifs is 1. The lowest BCUT2D eigenvalue weighted by Crippen LogP contribution is -2.40. The molecule has 2 atom stereocenters.